The van der Waals surface area contributed by atoms with E-state index in [-0.39, 0.29) is 17.6 Å². The van der Waals surface area contributed by atoms with Gasteiger partial charge < -0.3 is 16.4 Å². The normalized spacial score (nSPS) is 19.8. The maximum Gasteiger partial charge on any atom is 0.437 e. The van der Waals surface area contributed by atoms with Gasteiger partial charge in [0.15, 0.2) is 5.69 Å². The summed E-state index contributed by atoms with van der Waals surface area (Å²) < 4.78 is 40.4. The number of halogens is 3. The Morgan fingerprint density at radius 1 is 1.33 bits per heavy atom. The highest BCUT2D eigenvalue weighted by Crippen LogP contribution is 2.34. The number of rotatable bonds is 4. The van der Waals surface area contributed by atoms with E-state index in [0.717, 1.165) is 36.6 Å². The third-order valence-corrected chi connectivity index (χ3v) is 5.90. The van der Waals surface area contributed by atoms with E-state index in [1.54, 1.807) is 6.20 Å². The average molecular weight is 439 g/mol. The van der Waals surface area contributed by atoms with E-state index in [2.05, 4.69) is 25.7 Å². The number of nitrogens with zero attached hydrogens (tertiary/aromatic N) is 4. The summed E-state index contributed by atoms with van der Waals surface area (Å²) in [7, 11) is 1.35. The van der Waals surface area contributed by atoms with Gasteiger partial charge in [0.05, 0.1) is 17.4 Å². The van der Waals surface area contributed by atoms with Crippen LogP contribution in [-0.2, 0) is 13.2 Å². The van der Waals surface area contributed by atoms with Gasteiger partial charge in [0, 0.05) is 30.7 Å². The van der Waals surface area contributed by atoms with E-state index < -0.39 is 23.5 Å². The highest BCUT2D eigenvalue weighted by atomic mass is 32.1. The zero-order valence-electron chi connectivity index (χ0n) is 16.0. The topological polar surface area (TPSA) is 111 Å². The van der Waals surface area contributed by atoms with Gasteiger partial charge in [0.1, 0.15) is 16.2 Å². The first-order valence-corrected chi connectivity index (χ1v) is 10.3. The lowest BCUT2D eigenvalue weighted by molar-refractivity contribution is -0.140. The van der Waals surface area contributed by atoms with Crippen LogP contribution in [0.3, 0.4) is 0 Å². The minimum atomic E-state index is -4.68. The zero-order valence-corrected chi connectivity index (χ0v) is 16.8. The van der Waals surface area contributed by atoms with Gasteiger partial charge in [-0.25, -0.2) is 9.97 Å². The number of aromatic nitrogens is 4. The molecule has 2 atom stereocenters. The molecule has 1 amide bonds. The number of carbonyl (C=O) groups is 1. The monoisotopic (exact) mass is 439 g/mol. The van der Waals surface area contributed by atoms with Gasteiger partial charge in [-0.1, -0.05) is 12.8 Å². The fourth-order valence-corrected chi connectivity index (χ4v) is 4.38. The zero-order chi connectivity index (χ0) is 21.5. The van der Waals surface area contributed by atoms with Crippen molar-refractivity contribution in [1.29, 1.82) is 0 Å². The SMILES string of the molecule is Cn1cc(NC(=O)c2csc3ncc(N[C@@H]4CCCC[C@@H]4N)nc23)c(C(F)(F)F)n1. The Balaban J connectivity index is 1.59. The minimum absolute atomic E-state index is 0.00728. The van der Waals surface area contributed by atoms with E-state index in [1.165, 1.54) is 23.8 Å². The fraction of sp³-hybridized carbons (Fsp3) is 0.444. The lowest BCUT2D eigenvalue weighted by Gasteiger charge is -2.29. The van der Waals surface area contributed by atoms with Crippen LogP contribution in [0.25, 0.3) is 10.3 Å². The molecule has 8 nitrogen and oxygen atoms in total. The molecule has 3 aromatic rings. The first-order chi connectivity index (χ1) is 14.2. The van der Waals surface area contributed by atoms with Gasteiger partial charge in [-0.3, -0.25) is 9.48 Å². The lowest BCUT2D eigenvalue weighted by Crippen LogP contribution is -2.42. The molecule has 1 aliphatic rings. The van der Waals surface area contributed by atoms with Crippen LogP contribution in [0.2, 0.25) is 0 Å². The van der Waals surface area contributed by atoms with E-state index in [4.69, 9.17) is 5.73 Å². The maximum absolute atomic E-state index is 13.1. The van der Waals surface area contributed by atoms with E-state index >= 15 is 0 Å². The third kappa shape index (κ3) is 4.10. The largest absolute Gasteiger partial charge is 0.437 e. The van der Waals surface area contributed by atoms with Crippen LogP contribution in [0.4, 0.5) is 24.7 Å². The van der Waals surface area contributed by atoms with Crippen molar-refractivity contribution in [3.05, 3.63) is 29.0 Å². The van der Waals surface area contributed by atoms with Crippen molar-refractivity contribution >= 4 is 39.1 Å². The molecule has 0 saturated heterocycles. The molecule has 0 radical (unpaired) electrons. The molecule has 0 aromatic carbocycles. The number of thiophene rings is 1. The Kier molecular flexibility index (Phi) is 5.36. The highest BCUT2D eigenvalue weighted by Gasteiger charge is 2.37. The molecule has 3 aromatic heterocycles. The second-order valence-electron chi connectivity index (χ2n) is 7.27. The van der Waals surface area contributed by atoms with Crippen LogP contribution in [-0.4, -0.2) is 37.7 Å². The minimum Gasteiger partial charge on any atom is -0.364 e. The summed E-state index contributed by atoms with van der Waals surface area (Å²) in [6.07, 6.45) is 2.00. The van der Waals surface area contributed by atoms with E-state index in [9.17, 15) is 18.0 Å². The summed E-state index contributed by atoms with van der Waals surface area (Å²) in [5.74, 6) is -0.227. The number of alkyl halides is 3. The number of nitrogens with two attached hydrogens (primary N) is 1. The maximum atomic E-state index is 13.1. The summed E-state index contributed by atoms with van der Waals surface area (Å²) >= 11 is 1.19. The van der Waals surface area contributed by atoms with Crippen LogP contribution >= 0.6 is 11.3 Å². The molecular formula is C18H20F3N7OS. The van der Waals surface area contributed by atoms with Crippen LogP contribution < -0.4 is 16.4 Å². The molecule has 0 bridgehead atoms. The summed E-state index contributed by atoms with van der Waals surface area (Å²) in [5.41, 5.74) is 5.07. The summed E-state index contributed by atoms with van der Waals surface area (Å²) in [4.78, 5) is 22.0. The van der Waals surface area contributed by atoms with Crippen molar-refractivity contribution in [2.24, 2.45) is 12.8 Å². The smallest absolute Gasteiger partial charge is 0.364 e. The molecule has 1 fully saturated rings. The Labute approximate surface area is 173 Å². The molecule has 1 saturated carbocycles. The molecule has 4 rings (SSSR count). The van der Waals surface area contributed by atoms with E-state index in [1.807, 2.05) is 0 Å². The van der Waals surface area contributed by atoms with Gasteiger partial charge in [-0.2, -0.15) is 18.3 Å². The molecule has 160 valence electrons. The van der Waals surface area contributed by atoms with Gasteiger partial charge in [0.25, 0.3) is 5.91 Å². The van der Waals surface area contributed by atoms with Gasteiger partial charge >= 0.3 is 6.18 Å². The summed E-state index contributed by atoms with van der Waals surface area (Å²) in [5, 5.41) is 10.5. The van der Waals surface area contributed by atoms with Crippen LogP contribution in [0.5, 0.6) is 0 Å². The van der Waals surface area contributed by atoms with Crippen molar-refractivity contribution in [2.75, 3.05) is 10.6 Å². The Hall–Kier alpha value is -2.73. The van der Waals surface area contributed by atoms with Crippen LogP contribution in [0, 0.1) is 0 Å². The Morgan fingerprint density at radius 2 is 2.10 bits per heavy atom. The summed E-state index contributed by atoms with van der Waals surface area (Å²) in [6, 6.07) is 0.0685. The van der Waals surface area contributed by atoms with Crippen LogP contribution in [0.1, 0.15) is 41.7 Å². The molecule has 0 aliphatic heterocycles. The van der Waals surface area contributed by atoms with Crippen molar-refractivity contribution in [3.63, 3.8) is 0 Å². The van der Waals surface area contributed by atoms with Gasteiger partial charge in [0.2, 0.25) is 0 Å². The molecule has 0 spiro atoms. The molecule has 4 N–H and O–H groups in total. The van der Waals surface area contributed by atoms with Crippen LogP contribution in [0.15, 0.2) is 17.8 Å². The number of fused-ring (bicyclic) bond motifs is 1. The fourth-order valence-electron chi connectivity index (χ4n) is 3.55. The molecule has 0 unspecified atom stereocenters. The van der Waals surface area contributed by atoms with E-state index in [0.29, 0.717) is 16.2 Å². The summed E-state index contributed by atoms with van der Waals surface area (Å²) in [6.45, 7) is 0. The van der Waals surface area contributed by atoms with Crippen molar-refractivity contribution in [2.45, 2.75) is 43.9 Å². The Morgan fingerprint density at radius 3 is 2.83 bits per heavy atom. The molecule has 3 heterocycles. The number of hydrogen-bond acceptors (Lipinski definition) is 7. The molecule has 12 heteroatoms. The van der Waals surface area contributed by atoms with Crippen molar-refractivity contribution < 1.29 is 18.0 Å². The number of aryl methyl sites for hydroxylation is 1. The second kappa shape index (κ2) is 7.84. The standard InChI is InChI=1S/C18H20F3N7OS/c1-28-7-12(15(27-28)18(19,20)21)25-16(29)9-8-30-17-14(9)26-13(6-23-17)24-11-5-3-2-4-10(11)22/h6-8,10-11H,2-5,22H2,1H3,(H,24,26)(H,25,29)/t10-,11+/m0/s1. The number of carbonyl (C=O) groups excluding carboxylic acids is 1. The van der Waals surface area contributed by atoms with Gasteiger partial charge in [-0.05, 0) is 12.8 Å². The first kappa shape index (κ1) is 20.5. The van der Waals surface area contributed by atoms with Crippen molar-refractivity contribution in [1.82, 2.24) is 19.7 Å². The number of nitrogens with one attached hydrogen (secondary N) is 2. The molecule has 30 heavy (non-hydrogen) atoms. The Bertz CT molecular complexity index is 1080. The molecule has 1 aliphatic carbocycles. The highest BCUT2D eigenvalue weighted by molar-refractivity contribution is 7.17. The predicted octanol–water partition coefficient (Wildman–Crippen LogP) is 3.38. The lowest BCUT2D eigenvalue weighted by atomic mass is 9.91. The average Bonchev–Trinajstić information content (AvgIpc) is 3.26. The van der Waals surface area contributed by atoms with Crippen molar-refractivity contribution in [3.8, 4) is 0 Å². The number of hydrogen-bond donors (Lipinski definition) is 3. The number of amides is 1. The second-order valence-corrected chi connectivity index (χ2v) is 8.13. The molecular weight excluding hydrogens is 419 g/mol. The van der Waals surface area contributed by atoms with Gasteiger partial charge in [-0.15, -0.1) is 11.3 Å². The first-order valence-electron chi connectivity index (χ1n) is 9.41. The quantitative estimate of drug-likeness (QED) is 0.575. The number of anilines is 2. The third-order valence-electron chi connectivity index (χ3n) is 5.03. The predicted molar refractivity (Wildman–Crippen MR) is 107 cm³/mol.